The first kappa shape index (κ1) is 53.7. The van der Waals surface area contributed by atoms with Crippen LogP contribution in [0.5, 0.6) is 0 Å². The highest BCUT2D eigenvalue weighted by atomic mass is 31.2. The van der Waals surface area contributed by atoms with E-state index < -0.39 is 32.5 Å². The second-order valence-electron chi connectivity index (χ2n) is 13.4. The van der Waals surface area contributed by atoms with E-state index in [9.17, 15) is 19.0 Å². The first-order valence-corrected chi connectivity index (χ1v) is 22.9. The van der Waals surface area contributed by atoms with Crippen molar-refractivity contribution in [2.24, 2.45) is 5.73 Å². The summed E-state index contributed by atoms with van der Waals surface area (Å²) < 4.78 is 32.7. The van der Waals surface area contributed by atoms with Crippen molar-refractivity contribution < 1.29 is 37.6 Å². The van der Waals surface area contributed by atoms with Gasteiger partial charge in [0.2, 0.25) is 0 Å². The molecule has 0 rings (SSSR count). The third-order valence-electron chi connectivity index (χ3n) is 8.17. The Morgan fingerprint density at radius 3 is 1.42 bits per heavy atom. The summed E-state index contributed by atoms with van der Waals surface area (Å²) in [6.45, 7) is 3.38. The van der Waals surface area contributed by atoms with Crippen LogP contribution in [-0.4, -0.2) is 49.3 Å². The highest BCUT2D eigenvalue weighted by Crippen LogP contribution is 2.43. The van der Waals surface area contributed by atoms with Crippen molar-refractivity contribution in [1.82, 2.24) is 0 Å². The molecular formula is C47H76NO8P. The summed E-state index contributed by atoms with van der Waals surface area (Å²) in [5.41, 5.74) is 5.34. The SMILES string of the molecule is CCC=CCC=CCC=CCC=CCC=CCC=CCCC(=O)OC(COC(=O)CCCCCCCCCC=CCC=CCC=CCC)COP(=O)(O)OCCN. The second-order valence-corrected chi connectivity index (χ2v) is 14.9. The molecule has 0 aliphatic carbocycles. The van der Waals surface area contributed by atoms with Crippen molar-refractivity contribution in [3.63, 3.8) is 0 Å². The van der Waals surface area contributed by atoms with Gasteiger partial charge in [-0.1, -0.05) is 155 Å². The van der Waals surface area contributed by atoms with E-state index in [1.165, 1.54) is 19.3 Å². The van der Waals surface area contributed by atoms with Crippen LogP contribution in [0.4, 0.5) is 0 Å². The van der Waals surface area contributed by atoms with Crippen molar-refractivity contribution in [2.45, 2.75) is 148 Å². The van der Waals surface area contributed by atoms with E-state index >= 15 is 0 Å². The van der Waals surface area contributed by atoms with E-state index in [2.05, 4.69) is 111 Å². The summed E-state index contributed by atoms with van der Waals surface area (Å²) in [5.74, 6) is -0.950. The van der Waals surface area contributed by atoms with Crippen LogP contribution in [0.3, 0.4) is 0 Å². The Hall–Kier alpha value is -3.33. The fourth-order valence-electron chi connectivity index (χ4n) is 5.08. The van der Waals surface area contributed by atoms with E-state index in [1.807, 2.05) is 12.2 Å². The first-order valence-electron chi connectivity index (χ1n) is 21.4. The van der Waals surface area contributed by atoms with Gasteiger partial charge in [0, 0.05) is 19.4 Å². The lowest BCUT2D eigenvalue weighted by atomic mass is 10.1. The predicted octanol–water partition coefficient (Wildman–Crippen LogP) is 12.4. The van der Waals surface area contributed by atoms with Crippen LogP contribution in [-0.2, 0) is 32.7 Å². The lowest BCUT2D eigenvalue weighted by molar-refractivity contribution is -0.161. The monoisotopic (exact) mass is 814 g/mol. The average molecular weight is 814 g/mol. The third kappa shape index (κ3) is 42.1. The molecule has 0 aliphatic heterocycles. The fourth-order valence-corrected chi connectivity index (χ4v) is 5.85. The molecule has 0 aliphatic rings. The van der Waals surface area contributed by atoms with Crippen molar-refractivity contribution in [1.29, 1.82) is 0 Å². The molecule has 0 amide bonds. The van der Waals surface area contributed by atoms with Gasteiger partial charge in [-0.2, -0.15) is 0 Å². The van der Waals surface area contributed by atoms with Crippen molar-refractivity contribution in [2.75, 3.05) is 26.4 Å². The van der Waals surface area contributed by atoms with Gasteiger partial charge < -0.3 is 20.1 Å². The van der Waals surface area contributed by atoms with Gasteiger partial charge in [-0.15, -0.1) is 0 Å². The Bertz CT molecular complexity index is 1290. The number of ether oxygens (including phenoxy) is 2. The van der Waals surface area contributed by atoms with Gasteiger partial charge in [0.25, 0.3) is 0 Å². The zero-order valence-corrected chi connectivity index (χ0v) is 36.2. The minimum Gasteiger partial charge on any atom is -0.462 e. The molecule has 9 nitrogen and oxygen atoms in total. The van der Waals surface area contributed by atoms with E-state index in [1.54, 1.807) is 0 Å². The van der Waals surface area contributed by atoms with Crippen LogP contribution >= 0.6 is 7.82 Å². The number of rotatable bonds is 38. The van der Waals surface area contributed by atoms with Crippen LogP contribution < -0.4 is 5.73 Å². The maximum atomic E-state index is 12.6. The van der Waals surface area contributed by atoms with Crippen LogP contribution in [0.15, 0.2) is 109 Å². The number of allylic oxidation sites excluding steroid dienone is 18. The standard InChI is InChI=1S/C47H76NO8P/c1-3-5-7-9-11-13-15-17-19-21-22-24-26-28-30-32-34-36-38-40-47(50)56-45(44-55-57(51,52)54-42-41-48)43-53-46(49)39-37-35-33-31-29-27-25-23-20-18-16-14-12-10-8-6-4-2/h5-8,11-14,17-20,22,24,28,30,34,36,45H,3-4,9-10,15-16,21,23,25-27,29,31-33,35,37-44,48H2,1-2H3,(H,51,52). The largest absolute Gasteiger partial charge is 0.472 e. The summed E-state index contributed by atoms with van der Waals surface area (Å²) in [5, 5.41) is 0. The molecular weight excluding hydrogens is 737 g/mol. The Kier molecular flexibility index (Phi) is 39.8. The molecule has 0 bridgehead atoms. The van der Waals surface area contributed by atoms with Crippen LogP contribution in [0.25, 0.3) is 0 Å². The Morgan fingerprint density at radius 1 is 0.526 bits per heavy atom. The smallest absolute Gasteiger partial charge is 0.462 e. The van der Waals surface area contributed by atoms with E-state index in [-0.39, 0.29) is 32.6 Å². The van der Waals surface area contributed by atoms with Gasteiger partial charge in [0.1, 0.15) is 6.61 Å². The number of esters is 2. The van der Waals surface area contributed by atoms with E-state index in [0.29, 0.717) is 12.8 Å². The Labute approximate surface area is 346 Å². The normalized spacial score (nSPS) is 14.4. The van der Waals surface area contributed by atoms with Crippen LogP contribution in [0.1, 0.15) is 142 Å². The number of phosphoric acid groups is 1. The number of hydrogen-bond acceptors (Lipinski definition) is 8. The minimum absolute atomic E-state index is 0.0340. The third-order valence-corrected chi connectivity index (χ3v) is 9.15. The van der Waals surface area contributed by atoms with Gasteiger partial charge in [-0.3, -0.25) is 18.6 Å². The highest BCUT2D eigenvalue weighted by molar-refractivity contribution is 7.47. The van der Waals surface area contributed by atoms with Crippen molar-refractivity contribution in [3.05, 3.63) is 109 Å². The molecule has 0 fully saturated rings. The van der Waals surface area contributed by atoms with Crippen LogP contribution in [0, 0.1) is 0 Å². The molecule has 0 spiro atoms. The maximum absolute atomic E-state index is 12.6. The molecule has 10 heteroatoms. The van der Waals surface area contributed by atoms with E-state index in [4.69, 9.17) is 24.3 Å². The number of phosphoric ester groups is 1. The average Bonchev–Trinajstić information content (AvgIpc) is 3.20. The molecule has 0 aromatic rings. The second kappa shape index (κ2) is 42.3. The summed E-state index contributed by atoms with van der Waals surface area (Å²) >= 11 is 0. The molecule has 322 valence electrons. The minimum atomic E-state index is -4.41. The lowest BCUT2D eigenvalue weighted by Gasteiger charge is -2.19. The Balaban J connectivity index is 4.33. The number of carbonyl (C=O) groups is 2. The highest BCUT2D eigenvalue weighted by Gasteiger charge is 2.25. The predicted molar refractivity (Wildman–Crippen MR) is 238 cm³/mol. The van der Waals surface area contributed by atoms with Crippen molar-refractivity contribution >= 4 is 19.8 Å². The summed E-state index contributed by atoms with van der Waals surface area (Å²) in [7, 11) is -4.41. The molecule has 0 radical (unpaired) electrons. The summed E-state index contributed by atoms with van der Waals surface area (Å²) in [6, 6.07) is 0. The van der Waals surface area contributed by atoms with Gasteiger partial charge in [0.05, 0.1) is 13.2 Å². The number of hydrogen-bond donors (Lipinski definition) is 2. The van der Waals surface area contributed by atoms with Gasteiger partial charge in [-0.05, 0) is 83.5 Å². The number of unbranched alkanes of at least 4 members (excludes halogenated alkanes) is 7. The molecule has 2 atom stereocenters. The molecule has 57 heavy (non-hydrogen) atoms. The molecule has 0 aromatic heterocycles. The zero-order chi connectivity index (χ0) is 41.8. The van der Waals surface area contributed by atoms with Gasteiger partial charge in [-0.25, -0.2) is 4.57 Å². The van der Waals surface area contributed by atoms with Gasteiger partial charge in [0.15, 0.2) is 6.10 Å². The molecule has 0 saturated heterocycles. The molecule has 0 aromatic carbocycles. The van der Waals surface area contributed by atoms with E-state index in [0.717, 1.165) is 83.5 Å². The molecule has 0 saturated carbocycles. The van der Waals surface area contributed by atoms with Crippen LogP contribution in [0.2, 0.25) is 0 Å². The van der Waals surface area contributed by atoms with Gasteiger partial charge >= 0.3 is 19.8 Å². The molecule has 3 N–H and O–H groups in total. The maximum Gasteiger partial charge on any atom is 0.472 e. The molecule has 0 heterocycles. The topological polar surface area (TPSA) is 134 Å². The zero-order valence-electron chi connectivity index (χ0n) is 35.3. The summed E-state index contributed by atoms with van der Waals surface area (Å²) in [6.07, 6.45) is 55.6. The summed E-state index contributed by atoms with van der Waals surface area (Å²) in [4.78, 5) is 34.8. The molecule has 2 unspecified atom stereocenters. The van der Waals surface area contributed by atoms with Crippen molar-refractivity contribution in [3.8, 4) is 0 Å². The fraction of sp³-hybridized carbons (Fsp3) is 0.574. The quantitative estimate of drug-likeness (QED) is 0.0270. The Morgan fingerprint density at radius 2 is 0.947 bits per heavy atom. The number of carbonyl (C=O) groups excluding carboxylic acids is 2. The number of nitrogens with two attached hydrogens (primary N) is 1. The lowest BCUT2D eigenvalue weighted by Crippen LogP contribution is -2.29. The first-order chi connectivity index (χ1) is 27.8.